The predicted octanol–water partition coefficient (Wildman–Crippen LogP) is 2.25. The topological polar surface area (TPSA) is 87.3 Å². The van der Waals surface area contributed by atoms with Gasteiger partial charge in [0.1, 0.15) is 12.2 Å². The molecular weight excluding hydrogens is 344 g/mol. The average Bonchev–Trinajstić information content (AvgIpc) is 3.13. The lowest BCUT2D eigenvalue weighted by Crippen LogP contribution is -2.34. The summed E-state index contributed by atoms with van der Waals surface area (Å²) < 4.78 is 4.92. The molecule has 0 saturated carbocycles. The standard InChI is InChI=1S/C20H28N4O3/c1-4-24(5-2)12-11-21-20(26)16-9-7-15(8-10-16)17-14-22-18(23-17)13-19(25)27-6-3/h7-10,14H,4-6,11-13H2,1-3H3,(H,21,26)(H,22,23). The van der Waals surface area contributed by atoms with E-state index in [-0.39, 0.29) is 18.3 Å². The van der Waals surface area contributed by atoms with Crippen LogP contribution >= 0.6 is 0 Å². The lowest BCUT2D eigenvalue weighted by molar-refractivity contribution is -0.142. The molecule has 0 aliphatic rings. The van der Waals surface area contributed by atoms with Gasteiger partial charge >= 0.3 is 5.97 Å². The third kappa shape index (κ3) is 6.21. The molecule has 146 valence electrons. The third-order valence-corrected chi connectivity index (χ3v) is 4.31. The largest absolute Gasteiger partial charge is 0.466 e. The molecule has 0 aliphatic heterocycles. The van der Waals surface area contributed by atoms with E-state index < -0.39 is 0 Å². The smallest absolute Gasteiger partial charge is 0.313 e. The second-order valence-corrected chi connectivity index (χ2v) is 6.09. The molecule has 0 atom stereocenters. The van der Waals surface area contributed by atoms with Crippen LogP contribution in [0.2, 0.25) is 0 Å². The highest BCUT2D eigenvalue weighted by Gasteiger charge is 2.10. The van der Waals surface area contributed by atoms with Crippen molar-refractivity contribution >= 4 is 11.9 Å². The van der Waals surface area contributed by atoms with E-state index in [4.69, 9.17) is 4.74 Å². The Morgan fingerprint density at radius 2 is 1.85 bits per heavy atom. The summed E-state index contributed by atoms with van der Waals surface area (Å²) in [6, 6.07) is 7.30. The number of aromatic nitrogens is 2. The molecule has 7 nitrogen and oxygen atoms in total. The molecule has 0 radical (unpaired) electrons. The normalized spacial score (nSPS) is 10.8. The van der Waals surface area contributed by atoms with Gasteiger partial charge in [-0.1, -0.05) is 26.0 Å². The highest BCUT2D eigenvalue weighted by atomic mass is 16.5. The Labute approximate surface area is 160 Å². The van der Waals surface area contributed by atoms with Gasteiger partial charge in [0.2, 0.25) is 0 Å². The molecule has 1 aromatic carbocycles. The van der Waals surface area contributed by atoms with Crippen molar-refractivity contribution in [3.8, 4) is 11.3 Å². The fraction of sp³-hybridized carbons (Fsp3) is 0.450. The molecule has 27 heavy (non-hydrogen) atoms. The van der Waals surface area contributed by atoms with E-state index in [2.05, 4.69) is 34.0 Å². The molecular formula is C20H28N4O3. The molecule has 0 bridgehead atoms. The van der Waals surface area contributed by atoms with Crippen molar-refractivity contribution in [2.24, 2.45) is 0 Å². The van der Waals surface area contributed by atoms with Gasteiger partial charge in [-0.3, -0.25) is 9.59 Å². The molecule has 1 amide bonds. The molecule has 0 saturated heterocycles. The van der Waals surface area contributed by atoms with Crippen LogP contribution in [0.1, 0.15) is 37.0 Å². The zero-order valence-corrected chi connectivity index (χ0v) is 16.2. The molecule has 0 spiro atoms. The van der Waals surface area contributed by atoms with Gasteiger partial charge in [-0.05, 0) is 37.7 Å². The lowest BCUT2D eigenvalue weighted by Gasteiger charge is -2.17. The average molecular weight is 372 g/mol. The van der Waals surface area contributed by atoms with Crippen LogP contribution < -0.4 is 5.32 Å². The van der Waals surface area contributed by atoms with Crippen LogP contribution in [0.4, 0.5) is 0 Å². The van der Waals surface area contributed by atoms with E-state index in [0.717, 1.165) is 30.9 Å². The van der Waals surface area contributed by atoms with Gasteiger partial charge in [-0.15, -0.1) is 0 Å². The number of amides is 1. The molecule has 0 fully saturated rings. The van der Waals surface area contributed by atoms with Crippen LogP contribution in [0.25, 0.3) is 11.3 Å². The summed E-state index contributed by atoms with van der Waals surface area (Å²) in [6.07, 6.45) is 1.79. The van der Waals surface area contributed by atoms with E-state index in [9.17, 15) is 9.59 Å². The van der Waals surface area contributed by atoms with E-state index in [1.165, 1.54) is 0 Å². The van der Waals surface area contributed by atoms with E-state index >= 15 is 0 Å². The number of carbonyl (C=O) groups is 2. The summed E-state index contributed by atoms with van der Waals surface area (Å²) in [5, 5.41) is 2.94. The van der Waals surface area contributed by atoms with Crippen LogP contribution in [0.15, 0.2) is 30.5 Å². The molecule has 0 aliphatic carbocycles. The Morgan fingerprint density at radius 3 is 2.48 bits per heavy atom. The maximum Gasteiger partial charge on any atom is 0.313 e. The summed E-state index contributed by atoms with van der Waals surface area (Å²) in [7, 11) is 0. The van der Waals surface area contributed by atoms with Crippen LogP contribution in [0.3, 0.4) is 0 Å². The van der Waals surface area contributed by atoms with Crippen molar-refractivity contribution in [1.29, 1.82) is 0 Å². The number of hydrogen-bond donors (Lipinski definition) is 2. The summed E-state index contributed by atoms with van der Waals surface area (Å²) in [5.74, 6) is 0.165. The number of H-pyrrole nitrogens is 1. The molecule has 0 unspecified atom stereocenters. The fourth-order valence-corrected chi connectivity index (χ4v) is 2.72. The first-order valence-corrected chi connectivity index (χ1v) is 9.37. The van der Waals surface area contributed by atoms with Crippen molar-refractivity contribution in [2.45, 2.75) is 27.2 Å². The van der Waals surface area contributed by atoms with Crippen molar-refractivity contribution < 1.29 is 14.3 Å². The van der Waals surface area contributed by atoms with Crippen molar-refractivity contribution in [2.75, 3.05) is 32.8 Å². The van der Waals surface area contributed by atoms with Gasteiger partial charge in [0.15, 0.2) is 0 Å². The van der Waals surface area contributed by atoms with Gasteiger partial charge in [0.25, 0.3) is 5.91 Å². The fourth-order valence-electron chi connectivity index (χ4n) is 2.72. The Bertz CT molecular complexity index is 736. The van der Waals surface area contributed by atoms with Crippen molar-refractivity contribution in [1.82, 2.24) is 20.2 Å². The van der Waals surface area contributed by atoms with E-state index in [1.807, 2.05) is 12.1 Å². The molecule has 1 heterocycles. The summed E-state index contributed by atoms with van der Waals surface area (Å²) in [5.41, 5.74) is 2.31. The first kappa shape index (κ1) is 20.6. The minimum absolute atomic E-state index is 0.0821. The van der Waals surface area contributed by atoms with Gasteiger partial charge in [-0.25, -0.2) is 4.98 Å². The van der Waals surface area contributed by atoms with Gasteiger partial charge in [-0.2, -0.15) is 0 Å². The van der Waals surface area contributed by atoms with E-state index in [1.54, 1.807) is 25.3 Å². The summed E-state index contributed by atoms with van der Waals surface area (Å²) in [6.45, 7) is 9.76. The Morgan fingerprint density at radius 1 is 1.15 bits per heavy atom. The second-order valence-electron chi connectivity index (χ2n) is 6.09. The summed E-state index contributed by atoms with van der Waals surface area (Å²) in [4.78, 5) is 33.3. The minimum Gasteiger partial charge on any atom is -0.466 e. The number of nitrogens with zero attached hydrogens (tertiary/aromatic N) is 2. The minimum atomic E-state index is -0.310. The number of imidazole rings is 1. The van der Waals surface area contributed by atoms with Gasteiger partial charge < -0.3 is 19.9 Å². The highest BCUT2D eigenvalue weighted by molar-refractivity contribution is 5.94. The Kier molecular flexibility index (Phi) is 8.00. The first-order valence-electron chi connectivity index (χ1n) is 9.37. The highest BCUT2D eigenvalue weighted by Crippen LogP contribution is 2.18. The SMILES string of the molecule is CCOC(=O)Cc1ncc(-c2ccc(C(=O)NCCN(CC)CC)cc2)[nH]1. The molecule has 2 N–H and O–H groups in total. The first-order chi connectivity index (χ1) is 13.1. The van der Waals surface area contributed by atoms with Crippen LogP contribution in [-0.2, 0) is 16.0 Å². The number of likely N-dealkylation sites (N-methyl/N-ethyl adjacent to an activating group) is 1. The van der Waals surface area contributed by atoms with Crippen LogP contribution in [-0.4, -0.2) is 59.5 Å². The third-order valence-electron chi connectivity index (χ3n) is 4.31. The van der Waals surface area contributed by atoms with E-state index in [0.29, 0.717) is 24.5 Å². The molecule has 1 aromatic heterocycles. The number of aromatic amines is 1. The van der Waals surface area contributed by atoms with Crippen LogP contribution in [0, 0.1) is 0 Å². The lowest BCUT2D eigenvalue weighted by atomic mass is 10.1. The number of esters is 1. The molecule has 7 heteroatoms. The Balaban J connectivity index is 1.92. The number of carbonyl (C=O) groups excluding carboxylic acids is 2. The second kappa shape index (κ2) is 10.5. The number of benzene rings is 1. The van der Waals surface area contributed by atoms with Gasteiger partial charge in [0.05, 0.1) is 18.5 Å². The maximum atomic E-state index is 12.2. The molecule has 2 rings (SSSR count). The monoisotopic (exact) mass is 372 g/mol. The number of ether oxygens (including phenoxy) is 1. The van der Waals surface area contributed by atoms with Crippen molar-refractivity contribution in [3.63, 3.8) is 0 Å². The quantitative estimate of drug-likeness (QED) is 0.625. The van der Waals surface area contributed by atoms with Crippen molar-refractivity contribution in [3.05, 3.63) is 41.9 Å². The Hall–Kier alpha value is -2.67. The molecule has 2 aromatic rings. The zero-order chi connectivity index (χ0) is 19.6. The number of nitrogens with one attached hydrogen (secondary N) is 2. The number of rotatable bonds is 10. The number of hydrogen-bond acceptors (Lipinski definition) is 5. The zero-order valence-electron chi connectivity index (χ0n) is 16.2. The van der Waals surface area contributed by atoms with Crippen LogP contribution in [0.5, 0.6) is 0 Å². The van der Waals surface area contributed by atoms with Gasteiger partial charge in [0, 0.05) is 18.7 Å². The summed E-state index contributed by atoms with van der Waals surface area (Å²) >= 11 is 0. The predicted molar refractivity (Wildman–Crippen MR) is 104 cm³/mol. The maximum absolute atomic E-state index is 12.2.